The van der Waals surface area contributed by atoms with Crippen LogP contribution in [0.15, 0.2) is 53.7 Å². The van der Waals surface area contributed by atoms with E-state index in [-0.39, 0.29) is 11.7 Å². The fraction of sp³-hybridized carbons (Fsp3) is 0.250. The van der Waals surface area contributed by atoms with E-state index >= 15 is 0 Å². The molecule has 2 aromatic carbocycles. The Labute approximate surface area is 183 Å². The molecule has 6 nitrogen and oxygen atoms in total. The molecule has 0 fully saturated rings. The molecule has 0 saturated carbocycles. The fourth-order valence-electron chi connectivity index (χ4n) is 2.64. The zero-order valence-electron chi connectivity index (χ0n) is 15.8. The van der Waals surface area contributed by atoms with E-state index in [1.54, 1.807) is 25.3 Å². The lowest BCUT2D eigenvalue weighted by molar-refractivity contribution is -0.113. The van der Waals surface area contributed by atoms with Gasteiger partial charge >= 0.3 is 0 Å². The molecular formula is C20H20Cl2N4O2S. The van der Waals surface area contributed by atoms with Gasteiger partial charge < -0.3 is 14.6 Å². The number of carbonyl (C=O) groups excluding carboxylic acids is 1. The molecule has 1 aromatic heterocycles. The number of thioether (sulfide) groups is 1. The second-order valence-corrected chi connectivity index (χ2v) is 7.93. The summed E-state index contributed by atoms with van der Waals surface area (Å²) in [6.45, 7) is 1.14. The predicted octanol–water partition coefficient (Wildman–Crippen LogP) is 4.55. The number of ether oxygens (including phenoxy) is 1. The molecule has 0 bridgehead atoms. The van der Waals surface area contributed by atoms with Crippen molar-refractivity contribution < 1.29 is 9.53 Å². The van der Waals surface area contributed by atoms with Crippen molar-refractivity contribution >= 4 is 46.6 Å². The normalized spacial score (nSPS) is 10.9. The lowest BCUT2D eigenvalue weighted by atomic mass is 10.1. The number of hydrogen-bond acceptors (Lipinski definition) is 5. The van der Waals surface area contributed by atoms with Crippen LogP contribution in [0.5, 0.6) is 0 Å². The van der Waals surface area contributed by atoms with Crippen LogP contribution in [0.2, 0.25) is 10.0 Å². The second-order valence-electron chi connectivity index (χ2n) is 6.17. The van der Waals surface area contributed by atoms with Gasteiger partial charge in [-0.1, -0.05) is 65.3 Å². The summed E-state index contributed by atoms with van der Waals surface area (Å²) >= 11 is 13.2. The molecule has 0 atom stereocenters. The predicted molar refractivity (Wildman–Crippen MR) is 117 cm³/mol. The summed E-state index contributed by atoms with van der Waals surface area (Å²) in [5.74, 6) is 0.858. The molecule has 3 rings (SSSR count). The molecule has 0 aliphatic rings. The highest BCUT2D eigenvalue weighted by atomic mass is 35.5. The Kier molecular flexibility index (Phi) is 7.94. The molecule has 29 heavy (non-hydrogen) atoms. The first-order valence-electron chi connectivity index (χ1n) is 8.89. The Morgan fingerprint density at radius 1 is 1.14 bits per heavy atom. The first-order valence-corrected chi connectivity index (χ1v) is 10.6. The third kappa shape index (κ3) is 6.21. The van der Waals surface area contributed by atoms with Crippen LogP contribution in [0.3, 0.4) is 0 Å². The summed E-state index contributed by atoms with van der Waals surface area (Å²) in [7, 11) is 1.65. The van der Waals surface area contributed by atoms with Gasteiger partial charge in [0.15, 0.2) is 5.16 Å². The Morgan fingerprint density at radius 2 is 1.93 bits per heavy atom. The average Bonchev–Trinajstić information content (AvgIpc) is 3.09. The summed E-state index contributed by atoms with van der Waals surface area (Å²) in [5, 5.41) is 12.9. The number of nitrogens with one attached hydrogen (secondary N) is 1. The Balaban J connectivity index is 1.65. The van der Waals surface area contributed by atoms with Crippen LogP contribution < -0.4 is 5.32 Å². The molecule has 3 aromatic rings. The molecule has 9 heteroatoms. The summed E-state index contributed by atoms with van der Waals surface area (Å²) in [4.78, 5) is 12.3. The quantitative estimate of drug-likeness (QED) is 0.484. The summed E-state index contributed by atoms with van der Waals surface area (Å²) in [5.41, 5.74) is 1.74. The van der Waals surface area contributed by atoms with Crippen molar-refractivity contribution in [1.82, 2.24) is 14.8 Å². The van der Waals surface area contributed by atoms with Crippen molar-refractivity contribution in [2.45, 2.75) is 18.1 Å². The number of aromatic nitrogens is 3. The van der Waals surface area contributed by atoms with E-state index in [1.165, 1.54) is 11.8 Å². The minimum absolute atomic E-state index is 0.167. The van der Waals surface area contributed by atoms with Crippen molar-refractivity contribution in [3.05, 3.63) is 70.0 Å². The molecule has 1 heterocycles. The molecule has 1 N–H and O–H groups in total. The molecule has 0 radical (unpaired) electrons. The molecule has 1 amide bonds. The van der Waals surface area contributed by atoms with Gasteiger partial charge in [0.1, 0.15) is 5.82 Å². The maximum Gasteiger partial charge on any atom is 0.234 e. The van der Waals surface area contributed by atoms with Gasteiger partial charge in [-0.2, -0.15) is 0 Å². The van der Waals surface area contributed by atoms with Crippen LogP contribution in [0.25, 0.3) is 0 Å². The lowest BCUT2D eigenvalue weighted by Gasteiger charge is -2.10. The van der Waals surface area contributed by atoms with Crippen LogP contribution in [0.1, 0.15) is 11.4 Å². The van der Waals surface area contributed by atoms with Gasteiger partial charge in [-0.3, -0.25) is 4.79 Å². The highest BCUT2D eigenvalue weighted by Gasteiger charge is 2.15. The zero-order chi connectivity index (χ0) is 20.6. The van der Waals surface area contributed by atoms with E-state index < -0.39 is 0 Å². The van der Waals surface area contributed by atoms with Crippen LogP contribution in [-0.4, -0.2) is 40.1 Å². The number of halogens is 2. The first-order chi connectivity index (χ1) is 14.1. The summed E-state index contributed by atoms with van der Waals surface area (Å²) in [6, 6.07) is 15.0. The van der Waals surface area contributed by atoms with Gasteiger partial charge in [-0.25, -0.2) is 0 Å². The molecule has 0 aliphatic heterocycles. The number of rotatable bonds is 9. The van der Waals surface area contributed by atoms with Crippen LogP contribution in [0, 0.1) is 0 Å². The minimum atomic E-state index is -0.167. The lowest BCUT2D eigenvalue weighted by Crippen LogP contribution is -2.15. The molecule has 0 saturated heterocycles. The number of anilines is 1. The van der Waals surface area contributed by atoms with Crippen molar-refractivity contribution in [2.24, 2.45) is 0 Å². The molecule has 152 valence electrons. The zero-order valence-corrected chi connectivity index (χ0v) is 18.1. The molecule has 0 spiro atoms. The van der Waals surface area contributed by atoms with Gasteiger partial charge in [0.05, 0.1) is 22.4 Å². The maximum atomic E-state index is 12.3. The second kappa shape index (κ2) is 10.6. The highest BCUT2D eigenvalue weighted by molar-refractivity contribution is 7.99. The van der Waals surface area contributed by atoms with Crippen molar-refractivity contribution in [3.8, 4) is 0 Å². The standard InChI is InChI=1S/C20H20Cl2N4O2S/c1-28-10-9-26-18(11-14-5-3-2-4-6-14)24-25-20(26)29-13-19(27)23-15-7-8-16(21)17(22)12-15/h2-8,12H,9-11,13H2,1H3,(H,23,27). The van der Waals surface area contributed by atoms with Crippen molar-refractivity contribution in [2.75, 3.05) is 24.8 Å². The van der Waals surface area contributed by atoms with E-state index in [9.17, 15) is 4.79 Å². The van der Waals surface area contributed by atoms with E-state index in [0.29, 0.717) is 40.5 Å². The van der Waals surface area contributed by atoms with Crippen molar-refractivity contribution in [1.29, 1.82) is 0 Å². The average molecular weight is 451 g/mol. The Morgan fingerprint density at radius 3 is 2.66 bits per heavy atom. The summed E-state index contributed by atoms with van der Waals surface area (Å²) in [6.07, 6.45) is 0.660. The fourth-order valence-corrected chi connectivity index (χ4v) is 3.72. The maximum absolute atomic E-state index is 12.3. The van der Waals surface area contributed by atoms with Crippen LogP contribution >= 0.6 is 35.0 Å². The van der Waals surface area contributed by atoms with Gasteiger partial charge in [0.2, 0.25) is 5.91 Å². The third-order valence-electron chi connectivity index (χ3n) is 4.05. The number of carbonyl (C=O) groups is 1. The van der Waals surface area contributed by atoms with E-state index in [0.717, 1.165) is 11.4 Å². The monoisotopic (exact) mass is 450 g/mol. The summed E-state index contributed by atoms with van der Waals surface area (Å²) < 4.78 is 7.21. The third-order valence-corrected chi connectivity index (χ3v) is 5.76. The highest BCUT2D eigenvalue weighted by Crippen LogP contribution is 2.25. The number of hydrogen-bond donors (Lipinski definition) is 1. The Bertz CT molecular complexity index is 966. The number of nitrogens with zero attached hydrogens (tertiary/aromatic N) is 3. The van der Waals surface area contributed by atoms with Gasteiger partial charge in [0.25, 0.3) is 0 Å². The van der Waals surface area contributed by atoms with Gasteiger partial charge in [-0.15, -0.1) is 10.2 Å². The van der Waals surface area contributed by atoms with Crippen molar-refractivity contribution in [3.63, 3.8) is 0 Å². The minimum Gasteiger partial charge on any atom is -0.383 e. The molecule has 0 unspecified atom stereocenters. The largest absolute Gasteiger partial charge is 0.383 e. The smallest absolute Gasteiger partial charge is 0.234 e. The topological polar surface area (TPSA) is 69.0 Å². The van der Waals surface area contributed by atoms with Gasteiger partial charge in [0, 0.05) is 25.8 Å². The van der Waals surface area contributed by atoms with Crippen LogP contribution in [-0.2, 0) is 22.5 Å². The Hall–Kier alpha value is -2.06. The molecular weight excluding hydrogens is 431 g/mol. The SMILES string of the molecule is COCCn1c(Cc2ccccc2)nnc1SCC(=O)Nc1ccc(Cl)c(Cl)c1. The number of amides is 1. The molecule has 0 aliphatic carbocycles. The first kappa shape index (κ1) is 21.6. The number of benzene rings is 2. The van der Waals surface area contributed by atoms with Gasteiger partial charge in [-0.05, 0) is 23.8 Å². The van der Waals surface area contributed by atoms with E-state index in [1.807, 2.05) is 34.9 Å². The van der Waals surface area contributed by atoms with Crippen LogP contribution in [0.4, 0.5) is 5.69 Å². The van der Waals surface area contributed by atoms with E-state index in [4.69, 9.17) is 27.9 Å². The number of methoxy groups -OCH3 is 1. The van der Waals surface area contributed by atoms with E-state index in [2.05, 4.69) is 15.5 Å².